The molecule has 0 spiro atoms. The largest absolute Gasteiger partial charge is 0.294 e. The molecule has 1 aromatic heterocycles. The van der Waals surface area contributed by atoms with Gasteiger partial charge in [-0.25, -0.2) is 4.89 Å². The molecule has 0 aliphatic rings. The third-order valence-corrected chi connectivity index (χ3v) is 3.39. The lowest BCUT2D eigenvalue weighted by Gasteiger charge is -2.03. The minimum atomic E-state index is 0.0612. The summed E-state index contributed by atoms with van der Waals surface area (Å²) in [7, 11) is 1.45. The zero-order valence-corrected chi connectivity index (χ0v) is 12.1. The number of Topliss-reactive ketones (excluding diaryl/α,β-unsaturated/α-hetero) is 1. The number of aryl methyl sites for hydroxylation is 1. The van der Waals surface area contributed by atoms with E-state index in [1.54, 1.807) is 12.3 Å². The van der Waals surface area contributed by atoms with Gasteiger partial charge in [0.2, 0.25) is 0 Å². The summed E-state index contributed by atoms with van der Waals surface area (Å²) in [4.78, 5) is 21.7. The lowest BCUT2D eigenvalue weighted by atomic mass is 10.0. The van der Waals surface area contributed by atoms with Crippen LogP contribution in [0.3, 0.4) is 0 Å². The maximum absolute atomic E-state index is 12.1. The number of rotatable bonds is 6. The van der Waals surface area contributed by atoms with Crippen molar-refractivity contribution >= 4 is 17.8 Å². The molecule has 2 rings (SSSR count). The Morgan fingerprint density at radius 1 is 1.20 bits per heavy atom. The summed E-state index contributed by atoms with van der Waals surface area (Å²) in [6, 6.07) is 11.2. The third-order valence-electron chi connectivity index (χ3n) is 2.72. The summed E-state index contributed by atoms with van der Waals surface area (Å²) in [5, 5.41) is 0. The molecule has 104 valence electrons. The number of hydrogen-bond acceptors (Lipinski definition) is 5. The van der Waals surface area contributed by atoms with Gasteiger partial charge in [0.1, 0.15) is 0 Å². The van der Waals surface area contributed by atoms with Gasteiger partial charge >= 0.3 is 0 Å². The molecule has 0 aliphatic heterocycles. The predicted molar refractivity (Wildman–Crippen MR) is 77.4 cm³/mol. The maximum atomic E-state index is 12.1. The van der Waals surface area contributed by atoms with Gasteiger partial charge in [-0.3, -0.25) is 9.78 Å². The molecule has 4 nitrogen and oxygen atoms in total. The number of nitrogens with zero attached hydrogens (tertiary/aromatic N) is 1. The van der Waals surface area contributed by atoms with E-state index in [-0.39, 0.29) is 5.78 Å². The van der Waals surface area contributed by atoms with Crippen molar-refractivity contribution in [3.05, 3.63) is 59.4 Å². The second-order valence-corrected chi connectivity index (χ2v) is 5.02. The van der Waals surface area contributed by atoms with Crippen LogP contribution in [-0.4, -0.2) is 17.9 Å². The van der Waals surface area contributed by atoms with Gasteiger partial charge < -0.3 is 0 Å². The average molecular weight is 289 g/mol. The van der Waals surface area contributed by atoms with Gasteiger partial charge in [-0.2, -0.15) is 4.33 Å². The van der Waals surface area contributed by atoms with Crippen LogP contribution in [0, 0.1) is 6.92 Å². The SMILES string of the molecule is COOSc1ccc(CC(=O)c2ccc(C)nc2)cc1. The molecule has 0 unspecified atom stereocenters. The Hall–Kier alpha value is -1.69. The Morgan fingerprint density at radius 2 is 1.95 bits per heavy atom. The number of carbonyl (C=O) groups excluding carboxylic acids is 1. The monoisotopic (exact) mass is 289 g/mol. The molecular weight excluding hydrogens is 274 g/mol. The van der Waals surface area contributed by atoms with Crippen LogP contribution in [-0.2, 0) is 15.6 Å². The molecule has 1 aromatic carbocycles. The molecule has 0 saturated carbocycles. The van der Waals surface area contributed by atoms with Gasteiger partial charge in [-0.1, -0.05) is 12.1 Å². The molecule has 0 radical (unpaired) electrons. The molecule has 0 saturated heterocycles. The molecule has 0 amide bonds. The van der Waals surface area contributed by atoms with E-state index in [9.17, 15) is 4.79 Å². The predicted octanol–water partition coefficient (Wildman–Crippen LogP) is 3.40. The van der Waals surface area contributed by atoms with Crippen LogP contribution in [0.15, 0.2) is 47.5 Å². The summed E-state index contributed by atoms with van der Waals surface area (Å²) in [6.07, 6.45) is 1.98. The van der Waals surface area contributed by atoms with E-state index in [1.807, 2.05) is 37.3 Å². The van der Waals surface area contributed by atoms with E-state index in [1.165, 1.54) is 7.11 Å². The Kier molecular flexibility index (Phi) is 5.29. The zero-order valence-electron chi connectivity index (χ0n) is 11.3. The standard InChI is InChI=1S/C15H15NO3S/c1-11-3-6-13(10-16-11)15(17)9-12-4-7-14(8-5-12)20-19-18-2/h3-8,10H,9H2,1-2H3. The first-order valence-electron chi connectivity index (χ1n) is 6.11. The summed E-state index contributed by atoms with van der Waals surface area (Å²) in [5.41, 5.74) is 2.50. The van der Waals surface area contributed by atoms with Crippen LogP contribution >= 0.6 is 12.0 Å². The van der Waals surface area contributed by atoms with Gasteiger partial charge in [-0.05, 0) is 36.8 Å². The summed E-state index contributed by atoms with van der Waals surface area (Å²) in [6.45, 7) is 1.90. The van der Waals surface area contributed by atoms with Crippen molar-refractivity contribution in [1.82, 2.24) is 4.98 Å². The van der Waals surface area contributed by atoms with Crippen molar-refractivity contribution < 1.29 is 14.0 Å². The van der Waals surface area contributed by atoms with Crippen LogP contribution in [0.25, 0.3) is 0 Å². The summed E-state index contributed by atoms with van der Waals surface area (Å²) < 4.78 is 4.76. The van der Waals surface area contributed by atoms with Crippen LogP contribution in [0.1, 0.15) is 21.6 Å². The molecule has 5 heteroatoms. The van der Waals surface area contributed by atoms with Gasteiger partial charge in [-0.15, -0.1) is 0 Å². The van der Waals surface area contributed by atoms with Crippen molar-refractivity contribution in [2.45, 2.75) is 18.2 Å². The highest BCUT2D eigenvalue weighted by atomic mass is 32.2. The van der Waals surface area contributed by atoms with Crippen LogP contribution < -0.4 is 0 Å². The highest BCUT2D eigenvalue weighted by Gasteiger charge is 2.07. The Balaban J connectivity index is 1.99. The van der Waals surface area contributed by atoms with Gasteiger partial charge in [0.15, 0.2) is 5.78 Å². The van der Waals surface area contributed by atoms with Crippen molar-refractivity contribution in [3.63, 3.8) is 0 Å². The first-order valence-corrected chi connectivity index (χ1v) is 6.85. The molecule has 0 aliphatic carbocycles. The van der Waals surface area contributed by atoms with Crippen molar-refractivity contribution in [3.8, 4) is 0 Å². The van der Waals surface area contributed by atoms with E-state index in [2.05, 4.69) is 9.87 Å². The normalized spacial score (nSPS) is 10.5. The number of hydrogen-bond donors (Lipinski definition) is 0. The lowest BCUT2D eigenvalue weighted by molar-refractivity contribution is -0.160. The zero-order chi connectivity index (χ0) is 14.4. The molecule has 0 atom stereocenters. The quantitative estimate of drug-likeness (QED) is 0.353. The minimum absolute atomic E-state index is 0.0612. The molecule has 0 fully saturated rings. The van der Waals surface area contributed by atoms with E-state index < -0.39 is 0 Å². The van der Waals surface area contributed by atoms with E-state index in [0.29, 0.717) is 12.0 Å². The summed E-state index contributed by atoms with van der Waals surface area (Å²) in [5.74, 6) is 0.0612. The first kappa shape index (κ1) is 14.7. The van der Waals surface area contributed by atoms with E-state index in [0.717, 1.165) is 28.2 Å². The molecule has 0 N–H and O–H groups in total. The first-order chi connectivity index (χ1) is 9.69. The van der Waals surface area contributed by atoms with Gasteiger partial charge in [0.25, 0.3) is 0 Å². The molecule has 1 heterocycles. The number of ketones is 1. The molecule has 20 heavy (non-hydrogen) atoms. The molecular formula is C15H15NO3S. The second kappa shape index (κ2) is 7.19. The fourth-order valence-electron chi connectivity index (χ4n) is 1.66. The smallest absolute Gasteiger partial charge is 0.168 e. The van der Waals surface area contributed by atoms with Gasteiger partial charge in [0.05, 0.1) is 19.2 Å². The highest BCUT2D eigenvalue weighted by molar-refractivity contribution is 7.94. The fraction of sp³-hybridized carbons (Fsp3) is 0.200. The minimum Gasteiger partial charge on any atom is -0.294 e. The second-order valence-electron chi connectivity index (χ2n) is 4.25. The lowest BCUT2D eigenvalue weighted by Crippen LogP contribution is -2.04. The Morgan fingerprint density at radius 3 is 2.55 bits per heavy atom. The fourth-order valence-corrected chi connectivity index (χ4v) is 2.05. The van der Waals surface area contributed by atoms with E-state index >= 15 is 0 Å². The molecule has 0 bridgehead atoms. The van der Waals surface area contributed by atoms with E-state index in [4.69, 9.17) is 4.33 Å². The van der Waals surface area contributed by atoms with Crippen molar-refractivity contribution in [2.75, 3.05) is 7.11 Å². The Labute approximate surface area is 122 Å². The molecule has 2 aromatic rings. The number of benzene rings is 1. The highest BCUT2D eigenvalue weighted by Crippen LogP contribution is 2.20. The number of carbonyl (C=O) groups is 1. The van der Waals surface area contributed by atoms with Crippen molar-refractivity contribution in [2.24, 2.45) is 0 Å². The van der Waals surface area contributed by atoms with Crippen LogP contribution in [0.4, 0.5) is 0 Å². The average Bonchev–Trinajstić information content (AvgIpc) is 2.47. The topological polar surface area (TPSA) is 48.4 Å². The van der Waals surface area contributed by atoms with Crippen LogP contribution in [0.5, 0.6) is 0 Å². The van der Waals surface area contributed by atoms with Gasteiger partial charge in [0, 0.05) is 28.8 Å². The van der Waals surface area contributed by atoms with Crippen LogP contribution in [0.2, 0.25) is 0 Å². The Bertz CT molecular complexity index is 567. The number of pyridine rings is 1. The maximum Gasteiger partial charge on any atom is 0.168 e. The number of aromatic nitrogens is 1. The third kappa shape index (κ3) is 4.16. The summed E-state index contributed by atoms with van der Waals surface area (Å²) >= 11 is 1.13. The van der Waals surface area contributed by atoms with Crippen molar-refractivity contribution in [1.29, 1.82) is 0 Å².